The van der Waals surface area contributed by atoms with Gasteiger partial charge in [0.05, 0.1) is 19.6 Å². The molecule has 1 amide bonds. The number of carbonyl (C=O) groups is 1. The van der Waals surface area contributed by atoms with Crippen molar-refractivity contribution >= 4 is 5.91 Å². The minimum Gasteiger partial charge on any atom is -0.496 e. The van der Waals surface area contributed by atoms with E-state index in [4.69, 9.17) is 9.47 Å². The van der Waals surface area contributed by atoms with Crippen molar-refractivity contribution in [2.45, 2.75) is 31.3 Å². The highest BCUT2D eigenvalue weighted by Crippen LogP contribution is 2.46. The number of ether oxygens (including phenoxy) is 2. The molecule has 1 aromatic rings. The molecule has 0 bridgehead atoms. The van der Waals surface area contributed by atoms with Crippen LogP contribution in [0.1, 0.15) is 30.4 Å². The number of likely N-dealkylation sites (tertiary alicyclic amines) is 2. The summed E-state index contributed by atoms with van der Waals surface area (Å²) in [6.07, 6.45) is 3.64. The van der Waals surface area contributed by atoms with E-state index < -0.39 is 0 Å². The lowest BCUT2D eigenvalue weighted by atomic mass is 9.78. The highest BCUT2D eigenvalue weighted by molar-refractivity contribution is 5.79. The molecule has 4 rings (SSSR count). The average molecular weight is 344 g/mol. The lowest BCUT2D eigenvalue weighted by molar-refractivity contribution is -0.144. The van der Waals surface area contributed by atoms with Crippen LogP contribution >= 0.6 is 0 Å². The highest BCUT2D eigenvalue weighted by atomic mass is 16.5. The molecule has 3 aliphatic rings. The van der Waals surface area contributed by atoms with Crippen LogP contribution in [0.2, 0.25) is 0 Å². The molecule has 136 valence electrons. The van der Waals surface area contributed by atoms with Gasteiger partial charge in [-0.05, 0) is 50.9 Å². The van der Waals surface area contributed by atoms with Crippen LogP contribution in [0, 0.1) is 5.92 Å². The van der Waals surface area contributed by atoms with Crippen LogP contribution in [0.25, 0.3) is 0 Å². The normalized spacial score (nSPS) is 25.8. The third kappa shape index (κ3) is 2.93. The van der Waals surface area contributed by atoms with Crippen LogP contribution in [0.15, 0.2) is 18.2 Å². The number of amides is 1. The number of piperidine rings is 1. The molecular formula is C20H28N2O3. The molecule has 0 aromatic heterocycles. The van der Waals surface area contributed by atoms with Crippen molar-refractivity contribution in [1.82, 2.24) is 9.80 Å². The van der Waals surface area contributed by atoms with E-state index in [2.05, 4.69) is 29.0 Å². The SMILES string of the molecule is COc1cccc2c1C1(CCN(C(=O)C3CCN(C)C3)CC1)OCC2. The van der Waals surface area contributed by atoms with Crippen LogP contribution < -0.4 is 4.74 Å². The molecule has 3 heterocycles. The Bertz CT molecular complexity index is 638. The number of methoxy groups -OCH3 is 1. The van der Waals surface area contributed by atoms with E-state index in [0.717, 1.165) is 64.2 Å². The molecule has 5 heteroatoms. The van der Waals surface area contributed by atoms with E-state index >= 15 is 0 Å². The number of rotatable bonds is 2. The lowest BCUT2D eigenvalue weighted by Gasteiger charge is -2.45. The van der Waals surface area contributed by atoms with Gasteiger partial charge in [-0.25, -0.2) is 0 Å². The van der Waals surface area contributed by atoms with E-state index in [1.165, 1.54) is 11.1 Å². The number of fused-ring (bicyclic) bond motifs is 2. The Morgan fingerprint density at radius 2 is 2.08 bits per heavy atom. The average Bonchev–Trinajstić information content (AvgIpc) is 3.08. The van der Waals surface area contributed by atoms with Crippen molar-refractivity contribution in [3.05, 3.63) is 29.3 Å². The molecule has 1 unspecified atom stereocenters. The molecule has 0 aliphatic carbocycles. The number of nitrogens with zero attached hydrogens (tertiary/aromatic N) is 2. The lowest BCUT2D eigenvalue weighted by Crippen LogP contribution is -2.50. The molecule has 0 saturated carbocycles. The topological polar surface area (TPSA) is 42.0 Å². The number of benzene rings is 1. The molecule has 2 saturated heterocycles. The van der Waals surface area contributed by atoms with Crippen LogP contribution in [0.3, 0.4) is 0 Å². The van der Waals surface area contributed by atoms with E-state index in [9.17, 15) is 4.79 Å². The van der Waals surface area contributed by atoms with Gasteiger partial charge in [-0.2, -0.15) is 0 Å². The van der Waals surface area contributed by atoms with Crippen molar-refractivity contribution in [3.8, 4) is 5.75 Å². The summed E-state index contributed by atoms with van der Waals surface area (Å²) in [5.41, 5.74) is 2.27. The summed E-state index contributed by atoms with van der Waals surface area (Å²) in [6, 6.07) is 6.28. The number of carbonyl (C=O) groups excluding carboxylic acids is 1. The maximum absolute atomic E-state index is 12.8. The smallest absolute Gasteiger partial charge is 0.227 e. The van der Waals surface area contributed by atoms with E-state index in [1.54, 1.807) is 7.11 Å². The van der Waals surface area contributed by atoms with Gasteiger partial charge in [-0.1, -0.05) is 12.1 Å². The summed E-state index contributed by atoms with van der Waals surface area (Å²) < 4.78 is 12.0. The van der Waals surface area contributed by atoms with Gasteiger partial charge in [0.15, 0.2) is 0 Å². The molecular weight excluding hydrogens is 316 g/mol. The summed E-state index contributed by atoms with van der Waals surface area (Å²) in [4.78, 5) is 17.1. The van der Waals surface area contributed by atoms with Crippen LogP contribution in [0.4, 0.5) is 0 Å². The van der Waals surface area contributed by atoms with E-state index in [-0.39, 0.29) is 11.5 Å². The van der Waals surface area contributed by atoms with Gasteiger partial charge < -0.3 is 19.3 Å². The molecule has 0 radical (unpaired) electrons. The van der Waals surface area contributed by atoms with Crippen LogP contribution in [-0.4, -0.2) is 62.7 Å². The first-order chi connectivity index (χ1) is 12.1. The van der Waals surface area contributed by atoms with Gasteiger partial charge in [0.2, 0.25) is 5.91 Å². The zero-order valence-corrected chi connectivity index (χ0v) is 15.3. The van der Waals surface area contributed by atoms with Gasteiger partial charge in [0.25, 0.3) is 0 Å². The molecule has 1 aromatic carbocycles. The van der Waals surface area contributed by atoms with Gasteiger partial charge in [0, 0.05) is 25.2 Å². The van der Waals surface area contributed by atoms with Crippen molar-refractivity contribution < 1.29 is 14.3 Å². The molecule has 25 heavy (non-hydrogen) atoms. The maximum Gasteiger partial charge on any atom is 0.227 e. The molecule has 1 atom stereocenters. The quantitative estimate of drug-likeness (QED) is 0.823. The Morgan fingerprint density at radius 3 is 2.76 bits per heavy atom. The van der Waals surface area contributed by atoms with Gasteiger partial charge in [-0.15, -0.1) is 0 Å². The van der Waals surface area contributed by atoms with Crippen LogP contribution in [-0.2, 0) is 21.6 Å². The second-order valence-electron chi connectivity index (χ2n) is 7.66. The minimum atomic E-state index is -0.288. The predicted molar refractivity (Wildman–Crippen MR) is 95.7 cm³/mol. The fraction of sp³-hybridized carbons (Fsp3) is 0.650. The predicted octanol–water partition coefficient (Wildman–Crippen LogP) is 2.04. The zero-order chi connectivity index (χ0) is 17.4. The second kappa shape index (κ2) is 6.61. The van der Waals surface area contributed by atoms with Crippen molar-refractivity contribution in [2.75, 3.05) is 46.9 Å². The van der Waals surface area contributed by atoms with Crippen molar-refractivity contribution in [2.24, 2.45) is 5.92 Å². The molecule has 1 spiro atoms. The summed E-state index contributed by atoms with van der Waals surface area (Å²) >= 11 is 0. The Balaban J connectivity index is 1.52. The summed E-state index contributed by atoms with van der Waals surface area (Å²) in [7, 11) is 3.82. The van der Waals surface area contributed by atoms with Crippen molar-refractivity contribution in [3.63, 3.8) is 0 Å². The Labute approximate surface area is 149 Å². The fourth-order valence-electron chi connectivity index (χ4n) is 4.78. The van der Waals surface area contributed by atoms with Gasteiger partial charge in [-0.3, -0.25) is 4.79 Å². The van der Waals surface area contributed by atoms with Crippen LogP contribution in [0.5, 0.6) is 5.75 Å². The van der Waals surface area contributed by atoms with E-state index in [0.29, 0.717) is 5.91 Å². The second-order valence-corrected chi connectivity index (χ2v) is 7.66. The first-order valence-corrected chi connectivity index (χ1v) is 9.40. The first kappa shape index (κ1) is 16.9. The number of hydrogen-bond donors (Lipinski definition) is 0. The first-order valence-electron chi connectivity index (χ1n) is 9.40. The van der Waals surface area contributed by atoms with Gasteiger partial charge in [0.1, 0.15) is 11.4 Å². The van der Waals surface area contributed by atoms with E-state index in [1.807, 2.05) is 6.07 Å². The maximum atomic E-state index is 12.8. The van der Waals surface area contributed by atoms with Crippen molar-refractivity contribution in [1.29, 1.82) is 0 Å². The highest BCUT2D eigenvalue weighted by Gasteiger charge is 2.44. The Hall–Kier alpha value is -1.59. The summed E-state index contributed by atoms with van der Waals surface area (Å²) in [5.74, 6) is 1.43. The molecule has 5 nitrogen and oxygen atoms in total. The largest absolute Gasteiger partial charge is 0.496 e. The third-order valence-electron chi connectivity index (χ3n) is 6.16. The third-order valence-corrected chi connectivity index (χ3v) is 6.16. The minimum absolute atomic E-state index is 0.174. The Kier molecular flexibility index (Phi) is 4.46. The fourth-order valence-corrected chi connectivity index (χ4v) is 4.78. The molecule has 2 fully saturated rings. The zero-order valence-electron chi connectivity index (χ0n) is 15.3. The molecule has 3 aliphatic heterocycles. The molecule has 0 N–H and O–H groups in total. The summed E-state index contributed by atoms with van der Waals surface area (Å²) in [6.45, 7) is 4.23. The number of hydrogen-bond acceptors (Lipinski definition) is 4. The summed E-state index contributed by atoms with van der Waals surface area (Å²) in [5, 5.41) is 0. The monoisotopic (exact) mass is 344 g/mol. The Morgan fingerprint density at radius 1 is 1.28 bits per heavy atom. The van der Waals surface area contributed by atoms with Gasteiger partial charge >= 0.3 is 0 Å². The standard InChI is InChI=1S/C20H28N2O3/c1-21-10-6-16(14-21)19(23)22-11-8-20(9-12-22)18-15(7-13-25-20)4-3-5-17(18)24-2/h3-5,16H,6-14H2,1-2H3.